The molecule has 106 valence electrons. The first-order valence-electron chi connectivity index (χ1n) is 6.70. The molecule has 0 radical (unpaired) electrons. The van der Waals surface area contributed by atoms with E-state index < -0.39 is 9.84 Å². The van der Waals surface area contributed by atoms with Crippen molar-refractivity contribution in [3.63, 3.8) is 0 Å². The van der Waals surface area contributed by atoms with E-state index in [1.54, 1.807) is 12.1 Å². The van der Waals surface area contributed by atoms with Crippen molar-refractivity contribution in [2.45, 2.75) is 24.3 Å². The van der Waals surface area contributed by atoms with Gasteiger partial charge in [0.1, 0.15) is 0 Å². The zero-order valence-electron chi connectivity index (χ0n) is 11.4. The maximum absolute atomic E-state index is 11.4. The summed E-state index contributed by atoms with van der Waals surface area (Å²) in [5.41, 5.74) is 6.85. The van der Waals surface area contributed by atoms with Crippen LogP contribution in [0.5, 0.6) is 0 Å². The van der Waals surface area contributed by atoms with Gasteiger partial charge in [-0.05, 0) is 56.1 Å². The molecular weight excluding hydrogens is 260 g/mol. The Morgan fingerprint density at radius 1 is 1.21 bits per heavy atom. The minimum absolute atomic E-state index is 0.387. The van der Waals surface area contributed by atoms with E-state index in [1.807, 2.05) is 12.1 Å². The van der Waals surface area contributed by atoms with Gasteiger partial charge in [-0.15, -0.1) is 0 Å². The number of likely N-dealkylation sites (tertiary alicyclic amines) is 1. The van der Waals surface area contributed by atoms with Crippen molar-refractivity contribution in [1.29, 1.82) is 0 Å². The number of piperidine rings is 1. The van der Waals surface area contributed by atoms with E-state index in [9.17, 15) is 8.42 Å². The van der Waals surface area contributed by atoms with Crippen LogP contribution in [0.25, 0.3) is 0 Å². The quantitative estimate of drug-likeness (QED) is 0.903. The third-order valence-corrected chi connectivity index (χ3v) is 4.93. The van der Waals surface area contributed by atoms with Crippen molar-refractivity contribution < 1.29 is 8.42 Å². The van der Waals surface area contributed by atoms with E-state index >= 15 is 0 Å². The molecule has 0 spiro atoms. The highest BCUT2D eigenvalue weighted by atomic mass is 32.2. The third kappa shape index (κ3) is 4.03. The Hall–Kier alpha value is -0.910. The number of rotatable bonds is 4. The van der Waals surface area contributed by atoms with Gasteiger partial charge in [0.15, 0.2) is 9.84 Å². The second-order valence-electron chi connectivity index (χ2n) is 5.37. The van der Waals surface area contributed by atoms with Gasteiger partial charge in [0.05, 0.1) is 4.90 Å². The number of hydrogen-bond donors (Lipinski definition) is 1. The molecule has 0 aromatic heterocycles. The molecule has 0 amide bonds. The highest BCUT2D eigenvalue weighted by molar-refractivity contribution is 7.90. The van der Waals surface area contributed by atoms with Crippen LogP contribution >= 0.6 is 0 Å². The summed E-state index contributed by atoms with van der Waals surface area (Å²) >= 11 is 0. The Bertz CT molecular complexity index is 503. The van der Waals surface area contributed by atoms with Gasteiger partial charge in [-0.3, -0.25) is 4.90 Å². The van der Waals surface area contributed by atoms with Gasteiger partial charge in [0.2, 0.25) is 0 Å². The molecule has 2 rings (SSSR count). The second-order valence-corrected chi connectivity index (χ2v) is 7.39. The van der Waals surface area contributed by atoms with Crippen LogP contribution in [0.1, 0.15) is 18.4 Å². The molecule has 1 aromatic carbocycles. The first kappa shape index (κ1) is 14.5. The van der Waals surface area contributed by atoms with E-state index in [0.29, 0.717) is 10.8 Å². The van der Waals surface area contributed by atoms with E-state index in [0.717, 1.165) is 39.0 Å². The van der Waals surface area contributed by atoms with Crippen LogP contribution in [-0.2, 0) is 16.4 Å². The highest BCUT2D eigenvalue weighted by Gasteiger charge is 2.18. The van der Waals surface area contributed by atoms with Gasteiger partial charge in [0.25, 0.3) is 0 Å². The summed E-state index contributed by atoms with van der Waals surface area (Å²) in [5.74, 6) is 0.670. The molecular formula is C14H22N2O2S. The van der Waals surface area contributed by atoms with Crippen LogP contribution in [0.4, 0.5) is 0 Å². The fourth-order valence-corrected chi connectivity index (χ4v) is 3.11. The van der Waals surface area contributed by atoms with Gasteiger partial charge in [-0.1, -0.05) is 12.1 Å². The molecule has 1 aliphatic rings. The fourth-order valence-electron chi connectivity index (χ4n) is 2.48. The Balaban J connectivity index is 1.94. The molecule has 1 saturated heterocycles. The molecule has 0 saturated carbocycles. The molecule has 1 aliphatic heterocycles. The summed E-state index contributed by atoms with van der Waals surface area (Å²) in [6.45, 7) is 3.84. The number of hydrogen-bond acceptors (Lipinski definition) is 4. The predicted octanol–water partition coefficient (Wildman–Crippen LogP) is 1.26. The van der Waals surface area contributed by atoms with E-state index in [4.69, 9.17) is 5.73 Å². The number of benzene rings is 1. The average Bonchev–Trinajstić information content (AvgIpc) is 2.39. The average molecular weight is 282 g/mol. The van der Waals surface area contributed by atoms with Crippen molar-refractivity contribution in [2.24, 2.45) is 11.7 Å². The van der Waals surface area contributed by atoms with Crippen molar-refractivity contribution in [2.75, 3.05) is 25.9 Å². The van der Waals surface area contributed by atoms with Crippen molar-refractivity contribution in [3.8, 4) is 0 Å². The predicted molar refractivity (Wildman–Crippen MR) is 76.6 cm³/mol. The zero-order chi connectivity index (χ0) is 13.9. The zero-order valence-corrected chi connectivity index (χ0v) is 12.2. The lowest BCUT2D eigenvalue weighted by Gasteiger charge is -2.31. The number of nitrogens with two attached hydrogens (primary N) is 1. The Labute approximate surface area is 115 Å². The molecule has 1 heterocycles. The first-order chi connectivity index (χ1) is 8.99. The van der Waals surface area contributed by atoms with E-state index in [-0.39, 0.29) is 0 Å². The second kappa shape index (κ2) is 6.03. The number of nitrogens with zero attached hydrogens (tertiary/aromatic N) is 1. The minimum atomic E-state index is -3.09. The minimum Gasteiger partial charge on any atom is -0.330 e. The van der Waals surface area contributed by atoms with Crippen LogP contribution in [0, 0.1) is 5.92 Å². The summed E-state index contributed by atoms with van der Waals surface area (Å²) in [4.78, 5) is 2.79. The van der Waals surface area contributed by atoms with Gasteiger partial charge in [0, 0.05) is 12.8 Å². The van der Waals surface area contributed by atoms with Crippen molar-refractivity contribution in [3.05, 3.63) is 29.8 Å². The van der Waals surface area contributed by atoms with Crippen LogP contribution in [0.2, 0.25) is 0 Å². The van der Waals surface area contributed by atoms with Gasteiger partial charge in [-0.2, -0.15) is 0 Å². The molecule has 1 fully saturated rings. The Morgan fingerprint density at radius 2 is 1.79 bits per heavy atom. The summed E-state index contributed by atoms with van der Waals surface area (Å²) in [7, 11) is -3.09. The molecule has 5 heteroatoms. The SMILES string of the molecule is CS(=O)(=O)c1ccc(CN2CCC(CN)CC2)cc1. The van der Waals surface area contributed by atoms with Crippen LogP contribution < -0.4 is 5.73 Å². The van der Waals surface area contributed by atoms with E-state index in [2.05, 4.69) is 4.90 Å². The van der Waals surface area contributed by atoms with Crippen molar-refractivity contribution >= 4 is 9.84 Å². The standard InChI is InChI=1S/C14H22N2O2S/c1-19(17,18)14-4-2-13(3-5-14)11-16-8-6-12(10-15)7-9-16/h2-5,12H,6-11,15H2,1H3. The van der Waals surface area contributed by atoms with Gasteiger partial charge >= 0.3 is 0 Å². The lowest BCUT2D eigenvalue weighted by molar-refractivity contribution is 0.180. The largest absolute Gasteiger partial charge is 0.330 e. The lowest BCUT2D eigenvalue weighted by atomic mass is 9.97. The summed E-state index contributed by atoms with van der Waals surface area (Å²) < 4.78 is 22.8. The molecule has 0 atom stereocenters. The Morgan fingerprint density at radius 3 is 2.26 bits per heavy atom. The lowest BCUT2D eigenvalue weighted by Crippen LogP contribution is -2.35. The molecule has 19 heavy (non-hydrogen) atoms. The number of sulfone groups is 1. The van der Waals surface area contributed by atoms with Crippen LogP contribution in [-0.4, -0.2) is 39.2 Å². The normalized spacial score (nSPS) is 18.6. The summed E-state index contributed by atoms with van der Waals surface area (Å²) in [6, 6.07) is 7.20. The first-order valence-corrected chi connectivity index (χ1v) is 8.59. The summed E-state index contributed by atoms with van der Waals surface area (Å²) in [5, 5.41) is 0. The Kier molecular flexibility index (Phi) is 4.60. The smallest absolute Gasteiger partial charge is 0.175 e. The third-order valence-electron chi connectivity index (χ3n) is 3.80. The molecule has 0 bridgehead atoms. The highest BCUT2D eigenvalue weighted by Crippen LogP contribution is 2.18. The fraction of sp³-hybridized carbons (Fsp3) is 0.571. The van der Waals surface area contributed by atoms with Gasteiger partial charge < -0.3 is 5.73 Å². The maximum atomic E-state index is 11.4. The van der Waals surface area contributed by atoms with Crippen LogP contribution in [0.15, 0.2) is 29.2 Å². The topological polar surface area (TPSA) is 63.4 Å². The molecule has 4 nitrogen and oxygen atoms in total. The molecule has 2 N–H and O–H groups in total. The summed E-state index contributed by atoms with van der Waals surface area (Å²) in [6.07, 6.45) is 3.56. The molecule has 1 aromatic rings. The molecule has 0 unspecified atom stereocenters. The van der Waals surface area contributed by atoms with E-state index in [1.165, 1.54) is 11.8 Å². The van der Waals surface area contributed by atoms with Crippen molar-refractivity contribution in [1.82, 2.24) is 4.90 Å². The maximum Gasteiger partial charge on any atom is 0.175 e. The molecule has 0 aliphatic carbocycles. The van der Waals surface area contributed by atoms with Gasteiger partial charge in [-0.25, -0.2) is 8.42 Å². The monoisotopic (exact) mass is 282 g/mol. The van der Waals surface area contributed by atoms with Crippen LogP contribution in [0.3, 0.4) is 0 Å².